The van der Waals surface area contributed by atoms with E-state index in [9.17, 15) is 26.4 Å². The van der Waals surface area contributed by atoms with Gasteiger partial charge in [0.1, 0.15) is 5.75 Å². The van der Waals surface area contributed by atoms with Gasteiger partial charge >= 0.3 is 6.36 Å². The molecule has 1 fully saturated rings. The number of aliphatic imine (C=N–C) groups is 1. The molecule has 2 aliphatic rings. The van der Waals surface area contributed by atoms with Gasteiger partial charge in [-0.2, -0.15) is 0 Å². The molecule has 7 nitrogen and oxygen atoms in total. The molecule has 0 radical (unpaired) electrons. The molecule has 12 heteroatoms. The van der Waals surface area contributed by atoms with E-state index in [-0.39, 0.29) is 28.5 Å². The van der Waals surface area contributed by atoms with Crippen LogP contribution >= 0.6 is 11.8 Å². The molecule has 0 saturated carbocycles. The van der Waals surface area contributed by atoms with Gasteiger partial charge in [-0.3, -0.25) is 9.79 Å². The SMILES string of the molecule is O=C(Nc1ccc(OC(F)(F)F)cc1)c1ccc(NC2=N[C@@H]3CS(=O)(=O)C[C@@H]3S2)cc1. The third kappa shape index (κ3) is 5.50. The lowest BCUT2D eigenvalue weighted by molar-refractivity contribution is -0.274. The number of fused-ring (bicyclic) bond motifs is 1. The first-order valence-electron chi connectivity index (χ1n) is 9.05. The summed E-state index contributed by atoms with van der Waals surface area (Å²) in [5.41, 5.74) is 1.37. The number of benzene rings is 2. The summed E-state index contributed by atoms with van der Waals surface area (Å²) in [6, 6.07) is 11.1. The van der Waals surface area contributed by atoms with Crippen LogP contribution in [-0.2, 0) is 9.84 Å². The quantitative estimate of drug-likeness (QED) is 0.709. The molecule has 2 aliphatic heterocycles. The number of rotatable bonds is 4. The average molecular weight is 471 g/mol. The minimum Gasteiger partial charge on any atom is -0.406 e. The molecule has 2 aromatic carbocycles. The summed E-state index contributed by atoms with van der Waals surface area (Å²) in [6.07, 6.45) is -4.78. The Labute approximate surface area is 180 Å². The lowest BCUT2D eigenvalue weighted by atomic mass is 10.2. The van der Waals surface area contributed by atoms with Gasteiger partial charge in [-0.15, -0.1) is 13.2 Å². The van der Waals surface area contributed by atoms with Crippen LogP contribution in [0.25, 0.3) is 0 Å². The highest BCUT2D eigenvalue weighted by Crippen LogP contribution is 2.34. The normalized spacial score (nSPS) is 21.8. The van der Waals surface area contributed by atoms with Gasteiger partial charge in [-0.1, -0.05) is 11.8 Å². The van der Waals surface area contributed by atoms with Gasteiger partial charge in [0, 0.05) is 22.2 Å². The number of hydrogen-bond donors (Lipinski definition) is 2. The Morgan fingerprint density at radius 2 is 1.68 bits per heavy atom. The summed E-state index contributed by atoms with van der Waals surface area (Å²) >= 11 is 1.39. The van der Waals surface area contributed by atoms with E-state index in [1.807, 2.05) is 0 Å². The summed E-state index contributed by atoms with van der Waals surface area (Å²) in [4.78, 5) is 16.8. The fourth-order valence-corrected chi connectivity index (χ4v) is 6.86. The van der Waals surface area contributed by atoms with E-state index in [1.165, 1.54) is 23.9 Å². The van der Waals surface area contributed by atoms with E-state index in [1.54, 1.807) is 24.3 Å². The average Bonchev–Trinajstić information content (AvgIpc) is 3.15. The molecule has 1 amide bonds. The van der Waals surface area contributed by atoms with Crippen molar-refractivity contribution >= 4 is 44.0 Å². The first-order chi connectivity index (χ1) is 14.6. The maximum absolute atomic E-state index is 12.3. The summed E-state index contributed by atoms with van der Waals surface area (Å²) in [7, 11) is -3.01. The van der Waals surface area contributed by atoms with Crippen LogP contribution in [0.15, 0.2) is 53.5 Å². The van der Waals surface area contributed by atoms with Gasteiger partial charge in [-0.25, -0.2) is 8.42 Å². The third-order valence-electron chi connectivity index (χ3n) is 4.56. The molecule has 0 aromatic heterocycles. The molecule has 0 bridgehead atoms. The number of carbonyl (C=O) groups is 1. The number of ether oxygens (including phenoxy) is 1. The fourth-order valence-electron chi connectivity index (χ4n) is 3.19. The van der Waals surface area contributed by atoms with E-state index in [0.717, 1.165) is 12.1 Å². The zero-order valence-electron chi connectivity index (χ0n) is 15.7. The molecule has 2 aromatic rings. The summed E-state index contributed by atoms with van der Waals surface area (Å²) < 4.78 is 63.6. The number of nitrogens with zero attached hydrogens (tertiary/aromatic N) is 1. The highest BCUT2D eigenvalue weighted by atomic mass is 32.2. The second-order valence-electron chi connectivity index (χ2n) is 6.96. The van der Waals surface area contributed by atoms with Gasteiger partial charge in [-0.05, 0) is 48.5 Å². The number of thioether (sulfide) groups is 1. The van der Waals surface area contributed by atoms with E-state index >= 15 is 0 Å². The molecule has 2 atom stereocenters. The van der Waals surface area contributed by atoms with Crippen molar-refractivity contribution < 1.29 is 31.1 Å². The topological polar surface area (TPSA) is 96.9 Å². The molecule has 0 spiro atoms. The second kappa shape index (κ2) is 8.08. The van der Waals surface area contributed by atoms with Crippen LogP contribution in [0.2, 0.25) is 0 Å². The minimum absolute atomic E-state index is 0.0644. The predicted molar refractivity (Wildman–Crippen MR) is 112 cm³/mol. The first-order valence-corrected chi connectivity index (χ1v) is 11.8. The molecule has 31 heavy (non-hydrogen) atoms. The van der Waals surface area contributed by atoms with Gasteiger partial charge in [0.15, 0.2) is 15.0 Å². The number of sulfone groups is 1. The van der Waals surface area contributed by atoms with E-state index < -0.39 is 22.1 Å². The number of alkyl halides is 3. The van der Waals surface area contributed by atoms with Crippen LogP contribution in [0.1, 0.15) is 10.4 Å². The van der Waals surface area contributed by atoms with Crippen LogP contribution in [0.5, 0.6) is 5.75 Å². The zero-order valence-corrected chi connectivity index (χ0v) is 17.4. The van der Waals surface area contributed by atoms with E-state index in [2.05, 4.69) is 20.4 Å². The Morgan fingerprint density at radius 3 is 2.29 bits per heavy atom. The van der Waals surface area contributed by atoms with Crippen molar-refractivity contribution in [2.75, 3.05) is 22.1 Å². The molecular formula is C19H16F3N3O4S2. The van der Waals surface area contributed by atoms with Crippen LogP contribution in [0.3, 0.4) is 0 Å². The van der Waals surface area contributed by atoms with Crippen molar-refractivity contribution in [2.24, 2.45) is 4.99 Å². The van der Waals surface area contributed by atoms with Crippen molar-refractivity contribution in [3.8, 4) is 5.75 Å². The lowest BCUT2D eigenvalue weighted by Crippen LogP contribution is -2.17. The van der Waals surface area contributed by atoms with Crippen LogP contribution in [-0.4, -0.2) is 48.7 Å². The Kier molecular flexibility index (Phi) is 5.60. The van der Waals surface area contributed by atoms with Crippen LogP contribution in [0, 0.1) is 0 Å². The van der Waals surface area contributed by atoms with Crippen molar-refractivity contribution in [3.05, 3.63) is 54.1 Å². The highest BCUT2D eigenvalue weighted by Gasteiger charge is 2.42. The standard InChI is InChI=1S/C19H16F3N3O4S2/c20-19(21,22)29-14-7-5-12(6-8-14)23-17(26)11-1-3-13(4-2-11)24-18-25-15-9-31(27,28)10-16(15)30-18/h1-8,15-16H,9-10H2,(H,23,26)(H,24,25)/t15-,16+/m1/s1. The number of anilines is 2. The molecule has 0 aliphatic carbocycles. The van der Waals surface area contributed by atoms with Crippen molar-refractivity contribution in [3.63, 3.8) is 0 Å². The number of halogens is 3. The number of carbonyl (C=O) groups excluding carboxylic acids is 1. The predicted octanol–water partition coefficient (Wildman–Crippen LogP) is 3.52. The van der Waals surface area contributed by atoms with Crippen molar-refractivity contribution in [2.45, 2.75) is 17.7 Å². The van der Waals surface area contributed by atoms with Gasteiger partial charge < -0.3 is 15.4 Å². The molecule has 1 saturated heterocycles. The Bertz CT molecular complexity index is 1120. The molecule has 164 valence electrons. The van der Waals surface area contributed by atoms with Gasteiger partial charge in [0.2, 0.25) is 0 Å². The lowest BCUT2D eigenvalue weighted by Gasteiger charge is -2.10. The van der Waals surface area contributed by atoms with Crippen LogP contribution in [0.4, 0.5) is 24.5 Å². The summed E-state index contributed by atoms with van der Waals surface area (Å²) in [6.45, 7) is 0. The Balaban J connectivity index is 1.33. The fraction of sp³-hybridized carbons (Fsp3) is 0.263. The van der Waals surface area contributed by atoms with Gasteiger partial charge in [0.25, 0.3) is 5.91 Å². The maximum Gasteiger partial charge on any atom is 0.573 e. The second-order valence-corrected chi connectivity index (χ2v) is 10.3. The largest absolute Gasteiger partial charge is 0.573 e. The number of amides is 1. The Hall–Kier alpha value is -2.73. The zero-order chi connectivity index (χ0) is 22.2. The van der Waals surface area contributed by atoms with E-state index in [4.69, 9.17) is 0 Å². The molecule has 2 heterocycles. The van der Waals surface area contributed by atoms with E-state index in [0.29, 0.717) is 22.1 Å². The van der Waals surface area contributed by atoms with Crippen LogP contribution < -0.4 is 15.4 Å². The smallest absolute Gasteiger partial charge is 0.406 e. The number of amidine groups is 1. The molecule has 2 N–H and O–H groups in total. The molecule has 0 unspecified atom stereocenters. The number of nitrogens with one attached hydrogen (secondary N) is 2. The van der Waals surface area contributed by atoms with Crippen molar-refractivity contribution in [1.29, 1.82) is 0 Å². The van der Waals surface area contributed by atoms with Gasteiger partial charge in [0.05, 0.1) is 17.5 Å². The molecular weight excluding hydrogens is 455 g/mol. The highest BCUT2D eigenvalue weighted by molar-refractivity contribution is 8.15. The van der Waals surface area contributed by atoms with Crippen molar-refractivity contribution in [1.82, 2.24) is 0 Å². The monoisotopic (exact) mass is 471 g/mol. The number of hydrogen-bond acceptors (Lipinski definition) is 7. The Morgan fingerprint density at radius 1 is 1.03 bits per heavy atom. The first kappa shape index (κ1) is 21.5. The minimum atomic E-state index is -4.78. The summed E-state index contributed by atoms with van der Waals surface area (Å²) in [5, 5.41) is 6.29. The third-order valence-corrected chi connectivity index (χ3v) is 7.70. The summed E-state index contributed by atoms with van der Waals surface area (Å²) in [5.74, 6) is -0.615. The molecule has 4 rings (SSSR count). The maximum atomic E-state index is 12.3.